The van der Waals surface area contributed by atoms with Gasteiger partial charge in [0.05, 0.1) is 83.4 Å². The van der Waals surface area contributed by atoms with Gasteiger partial charge in [-0.05, 0) is 240 Å². The summed E-state index contributed by atoms with van der Waals surface area (Å²) in [5.74, 6) is 5.31. The van der Waals surface area contributed by atoms with Crippen LogP contribution in [0.25, 0.3) is 0 Å². The Morgan fingerprint density at radius 1 is 0.269 bits per heavy atom. The molecule has 0 aromatic heterocycles. The highest BCUT2D eigenvalue weighted by molar-refractivity contribution is 8.00. The van der Waals surface area contributed by atoms with Crippen LogP contribution in [0.5, 0.6) is 0 Å². The summed E-state index contributed by atoms with van der Waals surface area (Å²) in [4.78, 5) is 0. The van der Waals surface area contributed by atoms with E-state index < -0.39 is 327 Å². The minimum atomic E-state index is -1.86. The number of rotatable bonds is 38. The Balaban J connectivity index is 0.536. The Labute approximate surface area is 854 Å². The van der Waals surface area contributed by atoms with Crippen LogP contribution < -0.4 is 0 Å². The van der Waals surface area contributed by atoms with E-state index in [1.54, 1.807) is 6.92 Å². The normalized spacial score (nSPS) is 53.2. The van der Waals surface area contributed by atoms with Crippen molar-refractivity contribution in [3.63, 3.8) is 0 Å². The van der Waals surface area contributed by atoms with E-state index >= 15 is 0 Å². The molecule has 43 nitrogen and oxygen atoms in total. The van der Waals surface area contributed by atoms with Gasteiger partial charge in [-0.2, -0.15) is 23.5 Å². The van der Waals surface area contributed by atoms with E-state index in [1.807, 2.05) is 23.5 Å². The molecule has 36 unspecified atom stereocenters. The second-order valence-corrected chi connectivity index (χ2v) is 48.9. The first kappa shape index (κ1) is 116. The fourth-order valence-corrected chi connectivity index (χ4v) is 32.4. The van der Waals surface area contributed by atoms with Gasteiger partial charge in [0.15, 0.2) is 50.3 Å². The van der Waals surface area contributed by atoms with E-state index in [9.17, 15) is 138 Å². The molecule has 0 radical (unpaired) electrons. The number of fused-ring (bicyclic) bond motifs is 10. The van der Waals surface area contributed by atoms with Gasteiger partial charge in [0.1, 0.15) is 183 Å². The summed E-state index contributed by atoms with van der Waals surface area (Å²) >= 11 is 3.90. The summed E-state index contributed by atoms with van der Waals surface area (Å²) < 4.78 is 99.5. The van der Waals surface area contributed by atoms with E-state index in [2.05, 4.69) is 41.5 Å². The fraction of sp³-hybridized carbons (Fsp3) is 1.00. The molecule has 0 aromatic carbocycles. The highest BCUT2D eigenvalue weighted by Crippen LogP contribution is 2.72. The van der Waals surface area contributed by atoms with Gasteiger partial charge in [0.2, 0.25) is 0 Å². The van der Waals surface area contributed by atoms with Crippen LogP contribution in [0, 0.1) is 98.6 Å². The summed E-state index contributed by atoms with van der Waals surface area (Å²) in [6.07, 6.45) is -46.4. The summed E-state index contributed by atoms with van der Waals surface area (Å²) in [5, 5.41) is 294. The molecule has 27 N–H and O–H groups in total. The van der Waals surface area contributed by atoms with Crippen molar-refractivity contribution < 1.29 is 214 Å². The van der Waals surface area contributed by atoms with Gasteiger partial charge in [-0.15, -0.1) is 0 Å². The maximum absolute atomic E-state index is 12.2. The SMILES string of the molecule is CC(CCCSCCCSCCCC(C)C1CCC2C3CCC4CC(O[C@@H]5OC(CO)[C@@H](O[C@H]6OC(CO)[C@@H](O)C(O)[C@@H]6O)C(O)[C@@H]5C)CCC4(C)C3CC(O[C@@H]3OC(CO)[C@@H](O[C@H]4OC(CO)[C@@H](O)C(O)[C@@H]4O)C(O)[C@@H]3O)C12C)C1CCC2C3CCC4CC(O[C@H]5OC(CO)[C@H](O[C@@H]6OC(CO)[C@H](O)C(O)[C@H]6O)C(O)[C@H]5O)CCC4(C)C3CC(O[C@H]3OC(CO)[C@H](O[C@@H]4OC(CO)[C@H](O)C(O)[C@H]4O)C(O)[C@H]3O)C12C. The molecule has 8 saturated heterocycles. The molecule has 8 aliphatic carbocycles. The van der Waals surface area contributed by atoms with E-state index in [0.29, 0.717) is 50.9 Å². The predicted octanol–water partition coefficient (Wildman–Crippen LogP) is -4.47. The molecule has 8 aliphatic heterocycles. The molecule has 0 spiro atoms. The lowest BCUT2D eigenvalue weighted by molar-refractivity contribution is -0.370. The van der Waals surface area contributed by atoms with Crippen LogP contribution in [0.15, 0.2) is 0 Å². The quantitative estimate of drug-likeness (QED) is 0.0205. The van der Waals surface area contributed by atoms with Gasteiger partial charge in [-0.25, -0.2) is 0 Å². The van der Waals surface area contributed by atoms with E-state index in [0.717, 1.165) is 113 Å². The molecule has 16 rings (SSSR count). The standard InChI is InChI=1S/C100H170O43S2/c1-41(50-17-19-52-48-15-13-44-29-46(128-89-43(3)66(109)85(60(37-105)134-89)140-93-78(121)71(114)67(110)56(33-101)130-93)21-23-97(44,4)54(48)31-64(99(50,52)6)138-91-83(126)76(119)87(62(39-107)136-91)142-95-80(123)73(116)69(112)58(35-103)132-95)11-8-25-144-27-10-28-145-26-9-12-42(2)51-18-20-53-49-16-14-45-30-47(129-90-82(125)75(118)86(61(38-106)135-90)141-94-79(122)72(115)68(111)57(34-102)131-94)22-24-98(45,5)55(49)32-65(100(51,53)7)139-92-84(127)77(120)88(63(40-108)137-92)143-96-81(124)74(117)70(113)59(36-104)133-96/h41-96,101-127H,8-40H2,1-7H3/t41?,42?,43-,44?,45?,46?,47?,48?,49?,50?,51?,52?,53?,54?,55?,56?,57?,58?,59?,60?,61?,62?,63?,64?,65?,66?,67+,68-,69+,70-,71?,72?,73?,74?,75?,76?,77?,78-,79+,80-,81+,82+,83-,84+,85+,86-,87+,88-,89+,90-,91-,92+,93+,94-,95+,96-,97?,98?,99?,100?/m0/s1. The summed E-state index contributed by atoms with van der Waals surface area (Å²) in [5.41, 5.74) is -1.47. The molecule has 16 fully saturated rings. The minimum absolute atomic E-state index is 0.0757. The fourth-order valence-electron chi connectivity index (χ4n) is 30.3. The molecule has 840 valence electrons. The summed E-state index contributed by atoms with van der Waals surface area (Å²) in [7, 11) is 0. The molecular formula is C100H170O43S2. The maximum Gasteiger partial charge on any atom is 0.187 e. The monoisotopic (exact) mass is 2120 g/mol. The van der Waals surface area contributed by atoms with Crippen LogP contribution in [0.1, 0.15) is 183 Å². The molecule has 8 saturated carbocycles. The van der Waals surface area contributed by atoms with Crippen molar-refractivity contribution >= 4 is 23.5 Å². The van der Waals surface area contributed by atoms with Crippen LogP contribution in [0.3, 0.4) is 0 Å². The molecule has 0 amide bonds. The Hall–Kier alpha value is -1.02. The van der Waals surface area contributed by atoms with Crippen molar-refractivity contribution in [3.8, 4) is 0 Å². The molecule has 16 aliphatic rings. The van der Waals surface area contributed by atoms with Crippen molar-refractivity contribution in [2.75, 3.05) is 75.9 Å². The lowest BCUT2D eigenvalue weighted by Gasteiger charge is -2.63. The van der Waals surface area contributed by atoms with Crippen LogP contribution in [-0.2, 0) is 75.8 Å². The number of aliphatic hydroxyl groups excluding tert-OH is 27. The molecular weight excluding hydrogens is 1950 g/mol. The highest BCUT2D eigenvalue weighted by atomic mass is 32.2. The zero-order valence-electron chi connectivity index (χ0n) is 84.1. The largest absolute Gasteiger partial charge is 0.394 e. The number of hydrogen-bond donors (Lipinski definition) is 27. The number of aliphatic hydroxyl groups is 27. The molecule has 8 heterocycles. The van der Waals surface area contributed by atoms with Crippen molar-refractivity contribution in [3.05, 3.63) is 0 Å². The van der Waals surface area contributed by atoms with Crippen LogP contribution >= 0.6 is 23.5 Å². The lowest BCUT2D eigenvalue weighted by atomic mass is 9.43. The number of hydrogen-bond acceptors (Lipinski definition) is 45. The Morgan fingerprint density at radius 2 is 0.538 bits per heavy atom. The van der Waals surface area contributed by atoms with Crippen molar-refractivity contribution in [2.24, 2.45) is 98.6 Å². The van der Waals surface area contributed by atoms with E-state index in [-0.39, 0.29) is 82.0 Å². The van der Waals surface area contributed by atoms with Gasteiger partial charge < -0.3 is 214 Å². The van der Waals surface area contributed by atoms with Gasteiger partial charge in [0, 0.05) is 16.7 Å². The highest BCUT2D eigenvalue weighted by Gasteiger charge is 2.70. The van der Waals surface area contributed by atoms with Gasteiger partial charge in [-0.1, -0.05) is 48.5 Å². The Kier molecular flexibility index (Phi) is 39.5. The smallest absolute Gasteiger partial charge is 0.187 e. The third-order valence-electron chi connectivity index (χ3n) is 38.8. The van der Waals surface area contributed by atoms with Gasteiger partial charge in [0.25, 0.3) is 0 Å². The first-order chi connectivity index (χ1) is 69.1. The molecule has 0 bridgehead atoms. The van der Waals surface area contributed by atoms with Crippen LogP contribution in [-0.4, -0.2) is 478 Å². The maximum atomic E-state index is 12.2. The van der Waals surface area contributed by atoms with Crippen molar-refractivity contribution in [1.29, 1.82) is 0 Å². The molecule has 0 aromatic rings. The topological polar surface area (TPSA) is 694 Å². The second kappa shape index (κ2) is 49.2. The second-order valence-electron chi connectivity index (χ2n) is 46.4. The minimum Gasteiger partial charge on any atom is -0.394 e. The van der Waals surface area contributed by atoms with Crippen LogP contribution in [0.2, 0.25) is 0 Å². The Bertz CT molecular complexity index is 3730. The third-order valence-corrected chi connectivity index (χ3v) is 41.1. The van der Waals surface area contributed by atoms with Gasteiger partial charge in [-0.3, -0.25) is 0 Å². The van der Waals surface area contributed by atoms with Crippen molar-refractivity contribution in [2.45, 2.75) is 447 Å². The molecule has 45 heteroatoms. The zero-order valence-corrected chi connectivity index (χ0v) is 85.7. The van der Waals surface area contributed by atoms with E-state index in [1.165, 1.54) is 0 Å². The molecule has 145 heavy (non-hydrogen) atoms. The number of ether oxygens (including phenoxy) is 16. The van der Waals surface area contributed by atoms with Crippen molar-refractivity contribution in [1.82, 2.24) is 0 Å². The lowest BCUT2D eigenvalue weighted by Crippen LogP contribution is -2.66. The van der Waals surface area contributed by atoms with E-state index in [4.69, 9.17) is 75.8 Å². The predicted molar refractivity (Wildman–Crippen MR) is 506 cm³/mol. The average molecular weight is 2120 g/mol. The third kappa shape index (κ3) is 22.8. The zero-order chi connectivity index (χ0) is 104. The van der Waals surface area contributed by atoms with Gasteiger partial charge >= 0.3 is 0 Å². The summed E-state index contributed by atoms with van der Waals surface area (Å²) in [6, 6.07) is 0. The first-order valence-electron chi connectivity index (χ1n) is 53.6. The van der Waals surface area contributed by atoms with Crippen LogP contribution in [0.4, 0.5) is 0 Å². The average Bonchev–Trinajstić information content (AvgIpc) is 1.62. The first-order valence-corrected chi connectivity index (χ1v) is 55.9. The Morgan fingerprint density at radius 3 is 0.855 bits per heavy atom. The number of thioether (sulfide) groups is 2. The summed E-state index contributed by atoms with van der Waals surface area (Å²) in [6.45, 7) is 9.95. The molecule has 60 atom stereocenters.